The van der Waals surface area contributed by atoms with Crippen LogP contribution in [0.25, 0.3) is 10.8 Å². The molecule has 0 aromatic heterocycles. The average Bonchev–Trinajstić information content (AvgIpc) is 2.65. The summed E-state index contributed by atoms with van der Waals surface area (Å²) in [6.07, 6.45) is 3.03. The van der Waals surface area contributed by atoms with Crippen LogP contribution in [-0.4, -0.2) is 43.1 Å². The summed E-state index contributed by atoms with van der Waals surface area (Å²) in [6.45, 7) is 5.01. The number of benzene rings is 2. The smallest absolute Gasteiger partial charge is 0.260 e. The van der Waals surface area contributed by atoms with E-state index in [0.29, 0.717) is 6.04 Å². The van der Waals surface area contributed by atoms with Crippen molar-refractivity contribution >= 4 is 16.7 Å². The number of amides is 1. The van der Waals surface area contributed by atoms with Crippen LogP contribution in [0.2, 0.25) is 0 Å². The SMILES string of the molecule is CCCN(C(=O)COc1cccc2ccccc12)C1CCNCC1. The first kappa shape index (κ1) is 16.8. The standard InChI is InChI=1S/C20H26N2O2/c1-2-14-22(17-10-12-21-13-11-17)20(23)15-24-19-9-5-7-16-6-3-4-8-18(16)19/h3-9,17,21H,2,10-15H2,1H3. The summed E-state index contributed by atoms with van der Waals surface area (Å²) in [4.78, 5) is 14.7. The molecule has 1 saturated heterocycles. The van der Waals surface area contributed by atoms with Gasteiger partial charge in [-0.2, -0.15) is 0 Å². The largest absolute Gasteiger partial charge is 0.483 e. The van der Waals surface area contributed by atoms with E-state index in [1.165, 1.54) is 0 Å². The quantitative estimate of drug-likeness (QED) is 0.886. The van der Waals surface area contributed by atoms with Crippen LogP contribution in [0, 0.1) is 0 Å². The molecule has 0 unspecified atom stereocenters. The fourth-order valence-corrected chi connectivity index (χ4v) is 3.41. The molecule has 1 N–H and O–H groups in total. The van der Waals surface area contributed by atoms with Gasteiger partial charge in [0.1, 0.15) is 5.75 Å². The molecule has 128 valence electrons. The maximum absolute atomic E-state index is 12.7. The second kappa shape index (κ2) is 8.15. The Morgan fingerprint density at radius 2 is 1.92 bits per heavy atom. The van der Waals surface area contributed by atoms with Gasteiger partial charge in [-0.1, -0.05) is 43.3 Å². The molecule has 1 fully saturated rings. The topological polar surface area (TPSA) is 41.6 Å². The molecule has 0 saturated carbocycles. The van der Waals surface area contributed by atoms with Crippen molar-refractivity contribution in [1.82, 2.24) is 10.2 Å². The van der Waals surface area contributed by atoms with Crippen molar-refractivity contribution in [2.75, 3.05) is 26.2 Å². The van der Waals surface area contributed by atoms with Crippen LogP contribution in [0.3, 0.4) is 0 Å². The Bertz CT molecular complexity index is 675. The van der Waals surface area contributed by atoms with E-state index in [1.54, 1.807) is 0 Å². The lowest BCUT2D eigenvalue weighted by molar-refractivity contribution is -0.136. The number of carbonyl (C=O) groups is 1. The lowest BCUT2D eigenvalue weighted by Crippen LogP contribution is -2.48. The number of hydrogen-bond acceptors (Lipinski definition) is 3. The number of carbonyl (C=O) groups excluding carboxylic acids is 1. The summed E-state index contributed by atoms with van der Waals surface area (Å²) in [5.74, 6) is 0.875. The first-order valence-corrected chi connectivity index (χ1v) is 8.90. The Morgan fingerprint density at radius 3 is 2.71 bits per heavy atom. The third kappa shape index (κ3) is 3.88. The molecular formula is C20H26N2O2. The minimum Gasteiger partial charge on any atom is -0.483 e. The molecular weight excluding hydrogens is 300 g/mol. The Balaban J connectivity index is 1.68. The fraction of sp³-hybridized carbons (Fsp3) is 0.450. The third-order valence-corrected chi connectivity index (χ3v) is 4.64. The van der Waals surface area contributed by atoms with Crippen LogP contribution in [0.15, 0.2) is 42.5 Å². The Labute approximate surface area is 143 Å². The number of nitrogens with one attached hydrogen (secondary N) is 1. The van der Waals surface area contributed by atoms with Crippen LogP contribution in [0.1, 0.15) is 26.2 Å². The minimum absolute atomic E-state index is 0.0942. The predicted molar refractivity (Wildman–Crippen MR) is 97.3 cm³/mol. The summed E-state index contributed by atoms with van der Waals surface area (Å²) in [5.41, 5.74) is 0. The lowest BCUT2D eigenvalue weighted by Gasteiger charge is -2.34. The molecule has 1 aliphatic rings. The van der Waals surface area contributed by atoms with Crippen molar-refractivity contribution in [3.8, 4) is 5.75 Å². The van der Waals surface area contributed by atoms with Crippen LogP contribution in [-0.2, 0) is 4.79 Å². The van der Waals surface area contributed by atoms with Gasteiger partial charge in [0.05, 0.1) is 0 Å². The van der Waals surface area contributed by atoms with Gasteiger partial charge in [-0.05, 0) is 43.8 Å². The van der Waals surface area contributed by atoms with Crippen LogP contribution in [0.5, 0.6) is 5.75 Å². The predicted octanol–water partition coefficient (Wildman–Crippen LogP) is 3.21. The van der Waals surface area contributed by atoms with Crippen LogP contribution >= 0.6 is 0 Å². The molecule has 3 rings (SSSR count). The van der Waals surface area contributed by atoms with E-state index in [0.717, 1.165) is 55.4 Å². The van der Waals surface area contributed by atoms with Crippen molar-refractivity contribution in [1.29, 1.82) is 0 Å². The maximum Gasteiger partial charge on any atom is 0.260 e. The lowest BCUT2D eigenvalue weighted by atomic mass is 10.0. The molecule has 24 heavy (non-hydrogen) atoms. The number of piperidine rings is 1. The normalized spacial score (nSPS) is 15.4. The molecule has 1 amide bonds. The summed E-state index contributed by atoms with van der Waals surface area (Å²) in [7, 11) is 0. The molecule has 0 atom stereocenters. The van der Waals surface area contributed by atoms with E-state index < -0.39 is 0 Å². The molecule has 4 nitrogen and oxygen atoms in total. The highest BCUT2D eigenvalue weighted by Crippen LogP contribution is 2.25. The van der Waals surface area contributed by atoms with Crippen LogP contribution < -0.4 is 10.1 Å². The van der Waals surface area contributed by atoms with E-state index >= 15 is 0 Å². The molecule has 1 heterocycles. The zero-order chi connectivity index (χ0) is 16.8. The molecule has 4 heteroatoms. The molecule has 2 aromatic rings. The van der Waals surface area contributed by atoms with E-state index in [4.69, 9.17) is 4.74 Å². The number of rotatable bonds is 6. The van der Waals surface area contributed by atoms with E-state index in [9.17, 15) is 4.79 Å². The Morgan fingerprint density at radius 1 is 1.17 bits per heavy atom. The minimum atomic E-state index is 0.0942. The number of hydrogen-bond donors (Lipinski definition) is 1. The van der Waals surface area contributed by atoms with Crippen molar-refractivity contribution in [3.05, 3.63) is 42.5 Å². The first-order valence-electron chi connectivity index (χ1n) is 8.90. The van der Waals surface area contributed by atoms with Gasteiger partial charge >= 0.3 is 0 Å². The Hall–Kier alpha value is -2.07. The highest BCUT2D eigenvalue weighted by Gasteiger charge is 2.24. The first-order chi connectivity index (χ1) is 11.8. The third-order valence-electron chi connectivity index (χ3n) is 4.64. The van der Waals surface area contributed by atoms with Gasteiger partial charge in [0.15, 0.2) is 6.61 Å². The summed E-state index contributed by atoms with van der Waals surface area (Å²) >= 11 is 0. The van der Waals surface area contributed by atoms with Gasteiger partial charge in [0.2, 0.25) is 0 Å². The number of ether oxygens (including phenoxy) is 1. The number of fused-ring (bicyclic) bond motifs is 1. The van der Waals surface area contributed by atoms with E-state index in [-0.39, 0.29) is 12.5 Å². The van der Waals surface area contributed by atoms with Crippen molar-refractivity contribution in [3.63, 3.8) is 0 Å². The van der Waals surface area contributed by atoms with Gasteiger partial charge in [0.25, 0.3) is 5.91 Å². The zero-order valence-corrected chi connectivity index (χ0v) is 14.3. The summed E-state index contributed by atoms with van der Waals surface area (Å²) < 4.78 is 5.89. The Kier molecular flexibility index (Phi) is 5.70. The monoisotopic (exact) mass is 326 g/mol. The van der Waals surface area contributed by atoms with Gasteiger partial charge < -0.3 is 15.0 Å². The summed E-state index contributed by atoms with van der Waals surface area (Å²) in [5, 5.41) is 5.54. The van der Waals surface area contributed by atoms with E-state index in [2.05, 4.69) is 24.4 Å². The highest BCUT2D eigenvalue weighted by molar-refractivity contribution is 5.88. The van der Waals surface area contributed by atoms with Crippen molar-refractivity contribution < 1.29 is 9.53 Å². The van der Waals surface area contributed by atoms with E-state index in [1.807, 2.05) is 35.2 Å². The molecule has 0 spiro atoms. The van der Waals surface area contributed by atoms with Gasteiger partial charge in [-0.25, -0.2) is 0 Å². The highest BCUT2D eigenvalue weighted by atomic mass is 16.5. The van der Waals surface area contributed by atoms with Crippen molar-refractivity contribution in [2.24, 2.45) is 0 Å². The second-order valence-corrected chi connectivity index (χ2v) is 6.33. The second-order valence-electron chi connectivity index (χ2n) is 6.33. The summed E-state index contributed by atoms with van der Waals surface area (Å²) in [6, 6.07) is 14.4. The molecule has 0 aliphatic carbocycles. The van der Waals surface area contributed by atoms with Gasteiger partial charge in [0, 0.05) is 18.0 Å². The maximum atomic E-state index is 12.7. The average molecular weight is 326 g/mol. The van der Waals surface area contributed by atoms with Gasteiger partial charge in [-0.15, -0.1) is 0 Å². The van der Waals surface area contributed by atoms with Crippen LogP contribution in [0.4, 0.5) is 0 Å². The molecule has 2 aromatic carbocycles. The molecule has 1 aliphatic heterocycles. The fourth-order valence-electron chi connectivity index (χ4n) is 3.41. The van der Waals surface area contributed by atoms with Gasteiger partial charge in [-0.3, -0.25) is 4.79 Å². The molecule has 0 radical (unpaired) electrons. The zero-order valence-electron chi connectivity index (χ0n) is 14.3. The van der Waals surface area contributed by atoms with Crippen molar-refractivity contribution in [2.45, 2.75) is 32.2 Å². The number of nitrogens with zero attached hydrogens (tertiary/aromatic N) is 1. The molecule has 0 bridgehead atoms.